The van der Waals surface area contributed by atoms with Crippen LogP contribution in [0.1, 0.15) is 16.0 Å². The first kappa shape index (κ1) is 29.7. The number of hydrogen-bond donors (Lipinski definition) is 1. The Kier molecular flexibility index (Phi) is 9.05. The van der Waals surface area contributed by atoms with Gasteiger partial charge in [0.1, 0.15) is 29.0 Å². The predicted molar refractivity (Wildman–Crippen MR) is 171 cm³/mol. The van der Waals surface area contributed by atoms with Crippen molar-refractivity contribution in [2.75, 3.05) is 19.1 Å². The van der Waals surface area contributed by atoms with Crippen molar-refractivity contribution in [3.8, 4) is 39.8 Å². The van der Waals surface area contributed by atoms with Crippen molar-refractivity contribution < 1.29 is 23.8 Å². The number of methoxy groups -OCH3 is 2. The lowest BCUT2D eigenvalue weighted by Gasteiger charge is -2.25. The summed E-state index contributed by atoms with van der Waals surface area (Å²) in [5.74, 6) is 6.01. The summed E-state index contributed by atoms with van der Waals surface area (Å²) < 4.78 is 25.5. The maximum Gasteiger partial charge on any atom is 0.346 e. The van der Waals surface area contributed by atoms with Crippen LogP contribution < -0.4 is 14.4 Å². The fourth-order valence-corrected chi connectivity index (χ4v) is 5.30. The summed E-state index contributed by atoms with van der Waals surface area (Å²) in [7, 11) is 3.28. The molecular weight excluding hydrogens is 575 g/mol. The molecule has 0 spiro atoms. The van der Waals surface area contributed by atoms with Gasteiger partial charge in [0, 0.05) is 33.1 Å². The van der Waals surface area contributed by atoms with Crippen LogP contribution in [0.4, 0.5) is 21.5 Å². The molecule has 1 heterocycles. The van der Waals surface area contributed by atoms with Crippen LogP contribution in [0.5, 0.6) is 11.5 Å². The molecule has 0 bridgehead atoms. The SMILES string of the molecule is COc1ccc(N(c2ccc(C#Cc3ccc(-c4ccc(/C=C(\C#N)C(=O)O)cc4F)s3)cc2)c2ccc(OC)cc2)cc1. The summed E-state index contributed by atoms with van der Waals surface area (Å²) in [5.41, 5.74) is 3.89. The van der Waals surface area contributed by atoms with Crippen molar-refractivity contribution in [2.24, 2.45) is 0 Å². The topological polar surface area (TPSA) is 82.8 Å². The molecule has 1 aromatic heterocycles. The number of nitrogens with zero attached hydrogens (tertiary/aromatic N) is 2. The number of anilines is 3. The quantitative estimate of drug-likeness (QED) is 0.109. The van der Waals surface area contributed by atoms with Crippen LogP contribution in [-0.4, -0.2) is 25.3 Å². The molecule has 216 valence electrons. The first-order chi connectivity index (χ1) is 21.4. The molecule has 0 fully saturated rings. The van der Waals surface area contributed by atoms with Gasteiger partial charge in [-0.2, -0.15) is 5.26 Å². The Morgan fingerprint density at radius 1 is 0.818 bits per heavy atom. The first-order valence-corrected chi connectivity index (χ1v) is 14.2. The summed E-state index contributed by atoms with van der Waals surface area (Å²) in [6, 6.07) is 33.2. The molecule has 4 aromatic carbocycles. The van der Waals surface area contributed by atoms with Gasteiger partial charge in [-0.1, -0.05) is 24.0 Å². The number of ether oxygens (including phenoxy) is 2. The highest BCUT2D eigenvalue weighted by atomic mass is 32.1. The van der Waals surface area contributed by atoms with Crippen molar-refractivity contribution in [3.63, 3.8) is 0 Å². The number of benzene rings is 4. The fraction of sp³-hybridized carbons (Fsp3) is 0.0556. The summed E-state index contributed by atoms with van der Waals surface area (Å²) >= 11 is 1.35. The highest BCUT2D eigenvalue weighted by molar-refractivity contribution is 7.16. The van der Waals surface area contributed by atoms with Crippen LogP contribution in [0.3, 0.4) is 0 Å². The van der Waals surface area contributed by atoms with Crippen LogP contribution >= 0.6 is 11.3 Å². The van der Waals surface area contributed by atoms with E-state index >= 15 is 0 Å². The number of carboxylic acid groups (broad SMARTS) is 1. The molecule has 0 saturated heterocycles. The molecular formula is C36H25FN2O4S. The fourth-order valence-electron chi connectivity index (χ4n) is 4.42. The Bertz CT molecular complexity index is 1880. The second-order valence-electron chi connectivity index (χ2n) is 9.41. The van der Waals surface area contributed by atoms with Gasteiger partial charge in [-0.05, 0) is 103 Å². The lowest BCUT2D eigenvalue weighted by atomic mass is 10.1. The third kappa shape index (κ3) is 6.79. The third-order valence-electron chi connectivity index (χ3n) is 6.64. The molecule has 0 amide bonds. The molecule has 0 atom stereocenters. The number of rotatable bonds is 8. The van der Waals surface area contributed by atoms with Gasteiger partial charge in [0.25, 0.3) is 0 Å². The third-order valence-corrected chi connectivity index (χ3v) is 7.68. The minimum Gasteiger partial charge on any atom is -0.497 e. The van der Waals surface area contributed by atoms with Crippen LogP contribution in [0.25, 0.3) is 16.5 Å². The number of nitriles is 1. The first-order valence-electron chi connectivity index (χ1n) is 13.3. The van der Waals surface area contributed by atoms with Crippen LogP contribution in [0.15, 0.2) is 109 Å². The highest BCUT2D eigenvalue weighted by Crippen LogP contribution is 2.36. The van der Waals surface area contributed by atoms with Gasteiger partial charge in [0.05, 0.1) is 19.1 Å². The number of thiophene rings is 1. The number of halogens is 1. The summed E-state index contributed by atoms with van der Waals surface area (Å²) in [6.07, 6.45) is 1.14. The summed E-state index contributed by atoms with van der Waals surface area (Å²) in [5, 5.41) is 18.0. The zero-order chi connectivity index (χ0) is 31.1. The molecule has 0 aliphatic rings. The molecule has 5 aromatic rings. The maximum absolute atomic E-state index is 14.9. The number of carboxylic acids is 1. The standard InChI is InChI=1S/C36H25FN2O4S/c1-42-30-13-9-28(10-14-30)39(29-11-15-31(43-2)16-12-29)27-7-3-24(4-8-27)5-17-32-18-20-35(44-32)33-19-6-25(22-34(33)37)21-26(23-38)36(40)41/h3-4,6-16,18-22H,1-2H3,(H,40,41)/b26-21+. The van der Waals surface area contributed by atoms with E-state index in [2.05, 4.69) is 16.7 Å². The van der Waals surface area contributed by atoms with E-state index in [1.165, 1.54) is 17.4 Å². The maximum atomic E-state index is 14.9. The summed E-state index contributed by atoms with van der Waals surface area (Å²) in [6.45, 7) is 0. The Morgan fingerprint density at radius 3 is 1.89 bits per heavy atom. The zero-order valence-electron chi connectivity index (χ0n) is 23.7. The lowest BCUT2D eigenvalue weighted by molar-refractivity contribution is -0.132. The molecule has 1 N–H and O–H groups in total. The minimum atomic E-state index is -1.36. The van der Waals surface area contributed by atoms with Crippen molar-refractivity contribution in [1.29, 1.82) is 5.26 Å². The van der Waals surface area contributed by atoms with Gasteiger partial charge in [0.15, 0.2) is 0 Å². The second kappa shape index (κ2) is 13.4. The van der Waals surface area contributed by atoms with Gasteiger partial charge >= 0.3 is 5.97 Å². The molecule has 44 heavy (non-hydrogen) atoms. The molecule has 0 saturated carbocycles. The molecule has 0 aliphatic carbocycles. The minimum absolute atomic E-state index is 0.294. The van der Waals surface area contributed by atoms with E-state index in [9.17, 15) is 9.18 Å². The number of aliphatic carboxylic acids is 1. The molecule has 0 radical (unpaired) electrons. The van der Waals surface area contributed by atoms with Crippen molar-refractivity contribution in [1.82, 2.24) is 0 Å². The van der Waals surface area contributed by atoms with Crippen molar-refractivity contribution in [2.45, 2.75) is 0 Å². The van der Waals surface area contributed by atoms with Crippen LogP contribution in [0.2, 0.25) is 0 Å². The Labute approximate surface area is 258 Å². The van der Waals surface area contributed by atoms with Gasteiger partial charge < -0.3 is 19.5 Å². The highest BCUT2D eigenvalue weighted by Gasteiger charge is 2.14. The summed E-state index contributed by atoms with van der Waals surface area (Å²) in [4.78, 5) is 14.7. The average molecular weight is 601 g/mol. The van der Waals surface area contributed by atoms with Crippen molar-refractivity contribution in [3.05, 3.63) is 131 Å². The number of carbonyl (C=O) groups is 1. The van der Waals surface area contributed by atoms with Gasteiger partial charge in [-0.25, -0.2) is 9.18 Å². The van der Waals surface area contributed by atoms with Gasteiger partial charge in [-0.3, -0.25) is 0 Å². The van der Waals surface area contributed by atoms with Gasteiger partial charge in [-0.15, -0.1) is 11.3 Å². The van der Waals surface area contributed by atoms with Gasteiger partial charge in [0.2, 0.25) is 0 Å². The van der Waals surface area contributed by atoms with E-state index in [4.69, 9.17) is 19.8 Å². The molecule has 5 rings (SSSR count). The average Bonchev–Trinajstić information content (AvgIpc) is 3.52. The monoisotopic (exact) mass is 600 g/mol. The zero-order valence-corrected chi connectivity index (χ0v) is 24.6. The second-order valence-corrected chi connectivity index (χ2v) is 10.5. The van der Waals surface area contributed by atoms with Crippen LogP contribution in [0, 0.1) is 29.0 Å². The van der Waals surface area contributed by atoms with E-state index in [0.717, 1.165) is 45.1 Å². The van der Waals surface area contributed by atoms with Crippen LogP contribution in [-0.2, 0) is 4.79 Å². The van der Waals surface area contributed by atoms with E-state index in [0.29, 0.717) is 16.0 Å². The van der Waals surface area contributed by atoms with Crippen molar-refractivity contribution >= 4 is 40.4 Å². The van der Waals surface area contributed by atoms with E-state index in [-0.39, 0.29) is 0 Å². The van der Waals surface area contributed by atoms with E-state index < -0.39 is 17.4 Å². The largest absolute Gasteiger partial charge is 0.497 e. The molecule has 0 unspecified atom stereocenters. The number of hydrogen-bond acceptors (Lipinski definition) is 6. The lowest BCUT2D eigenvalue weighted by Crippen LogP contribution is -2.09. The smallest absolute Gasteiger partial charge is 0.346 e. The van der Waals surface area contributed by atoms with E-state index in [1.807, 2.05) is 78.9 Å². The predicted octanol–water partition coefficient (Wildman–Crippen LogP) is 8.43. The molecule has 8 heteroatoms. The Morgan fingerprint density at radius 2 is 1.39 bits per heavy atom. The normalized spacial score (nSPS) is 10.7. The Hall–Kier alpha value is -5.83. The molecule has 6 nitrogen and oxygen atoms in total. The Balaban J connectivity index is 1.37. The van der Waals surface area contributed by atoms with E-state index in [1.54, 1.807) is 38.5 Å². The molecule has 0 aliphatic heterocycles.